The first-order valence-corrected chi connectivity index (χ1v) is 6.12. The monoisotopic (exact) mass is 273 g/mol. The molecular weight excluding hydrogens is 258 g/mol. The van der Waals surface area contributed by atoms with Gasteiger partial charge in [0.15, 0.2) is 6.61 Å². The number of carbonyl (C=O) groups is 2. The molecule has 1 aromatic carbocycles. The van der Waals surface area contributed by atoms with Gasteiger partial charge in [0.2, 0.25) is 0 Å². The standard InChI is InChI=1S/C15H15NO4/c1-10-3-4-13(11(2)7-10)16-14(17)9-20-15(18)12-5-6-19-8-12/h3-8H,9H2,1-2H3,(H,16,17). The number of rotatable bonds is 4. The highest BCUT2D eigenvalue weighted by molar-refractivity contribution is 5.95. The highest BCUT2D eigenvalue weighted by atomic mass is 16.5. The number of aryl methyl sites for hydroxylation is 2. The van der Waals surface area contributed by atoms with Crippen LogP contribution < -0.4 is 5.32 Å². The van der Waals surface area contributed by atoms with Crippen LogP contribution in [-0.4, -0.2) is 18.5 Å². The number of carbonyl (C=O) groups excluding carboxylic acids is 2. The van der Waals surface area contributed by atoms with Gasteiger partial charge < -0.3 is 14.5 Å². The second-order valence-electron chi connectivity index (χ2n) is 4.45. The van der Waals surface area contributed by atoms with Crippen LogP contribution in [0, 0.1) is 13.8 Å². The van der Waals surface area contributed by atoms with Gasteiger partial charge in [-0.15, -0.1) is 0 Å². The van der Waals surface area contributed by atoms with E-state index in [1.54, 1.807) is 0 Å². The van der Waals surface area contributed by atoms with E-state index in [9.17, 15) is 9.59 Å². The third kappa shape index (κ3) is 3.47. The Morgan fingerprint density at radius 3 is 2.70 bits per heavy atom. The Balaban J connectivity index is 1.88. The van der Waals surface area contributed by atoms with E-state index < -0.39 is 5.97 Å². The molecule has 5 heteroatoms. The molecule has 2 aromatic rings. The molecular formula is C15H15NO4. The van der Waals surface area contributed by atoms with Gasteiger partial charge in [-0.2, -0.15) is 0 Å². The molecule has 5 nitrogen and oxygen atoms in total. The summed E-state index contributed by atoms with van der Waals surface area (Å²) in [5.41, 5.74) is 3.07. The lowest BCUT2D eigenvalue weighted by molar-refractivity contribution is -0.119. The Morgan fingerprint density at radius 2 is 2.05 bits per heavy atom. The van der Waals surface area contributed by atoms with Gasteiger partial charge in [-0.3, -0.25) is 4.79 Å². The third-order valence-electron chi connectivity index (χ3n) is 2.75. The topological polar surface area (TPSA) is 68.5 Å². The lowest BCUT2D eigenvalue weighted by Gasteiger charge is -2.09. The molecule has 1 heterocycles. The quantitative estimate of drug-likeness (QED) is 0.870. The number of amides is 1. The number of esters is 1. The van der Waals surface area contributed by atoms with Crippen molar-refractivity contribution in [2.24, 2.45) is 0 Å². The fourth-order valence-electron chi connectivity index (χ4n) is 1.74. The molecule has 0 atom stereocenters. The molecule has 0 aliphatic heterocycles. The Bertz CT molecular complexity index is 617. The van der Waals surface area contributed by atoms with Crippen molar-refractivity contribution in [3.05, 3.63) is 53.5 Å². The average molecular weight is 273 g/mol. The van der Waals surface area contributed by atoms with Crippen LogP contribution in [0.2, 0.25) is 0 Å². The normalized spacial score (nSPS) is 10.1. The van der Waals surface area contributed by atoms with Crippen molar-refractivity contribution in [3.8, 4) is 0 Å². The molecule has 1 aromatic heterocycles. The number of hydrogen-bond donors (Lipinski definition) is 1. The summed E-state index contributed by atoms with van der Waals surface area (Å²) in [4.78, 5) is 23.2. The van der Waals surface area contributed by atoms with E-state index >= 15 is 0 Å². The van der Waals surface area contributed by atoms with Crippen molar-refractivity contribution in [2.75, 3.05) is 11.9 Å². The number of nitrogens with one attached hydrogen (secondary N) is 1. The molecule has 20 heavy (non-hydrogen) atoms. The van der Waals surface area contributed by atoms with Crippen molar-refractivity contribution in [1.82, 2.24) is 0 Å². The number of hydrogen-bond acceptors (Lipinski definition) is 4. The van der Waals surface area contributed by atoms with E-state index in [1.807, 2.05) is 32.0 Å². The number of ether oxygens (including phenoxy) is 1. The van der Waals surface area contributed by atoms with Crippen molar-refractivity contribution in [3.63, 3.8) is 0 Å². The van der Waals surface area contributed by atoms with Crippen molar-refractivity contribution in [2.45, 2.75) is 13.8 Å². The second kappa shape index (κ2) is 6.06. The molecule has 104 valence electrons. The molecule has 0 unspecified atom stereocenters. The Labute approximate surface area is 116 Å². The van der Waals surface area contributed by atoms with Crippen LogP contribution in [-0.2, 0) is 9.53 Å². The van der Waals surface area contributed by atoms with E-state index in [0.717, 1.165) is 11.1 Å². The Kier molecular flexibility index (Phi) is 4.20. The van der Waals surface area contributed by atoms with E-state index in [-0.39, 0.29) is 18.1 Å². The van der Waals surface area contributed by atoms with E-state index in [1.165, 1.54) is 18.6 Å². The van der Waals surface area contributed by atoms with Crippen LogP contribution in [0.3, 0.4) is 0 Å². The maximum Gasteiger partial charge on any atom is 0.341 e. The molecule has 0 saturated carbocycles. The average Bonchev–Trinajstić information content (AvgIpc) is 2.93. The van der Waals surface area contributed by atoms with Gasteiger partial charge in [-0.1, -0.05) is 17.7 Å². The van der Waals surface area contributed by atoms with Crippen LogP contribution in [0.15, 0.2) is 41.2 Å². The summed E-state index contributed by atoms with van der Waals surface area (Å²) in [6.07, 6.45) is 2.64. The minimum Gasteiger partial charge on any atom is -0.472 e. The SMILES string of the molecule is Cc1ccc(NC(=O)COC(=O)c2ccoc2)c(C)c1. The molecule has 1 N–H and O–H groups in total. The highest BCUT2D eigenvalue weighted by Crippen LogP contribution is 2.15. The van der Waals surface area contributed by atoms with E-state index in [2.05, 4.69) is 5.32 Å². The van der Waals surface area contributed by atoms with Crippen LogP contribution in [0.25, 0.3) is 0 Å². The van der Waals surface area contributed by atoms with Crippen LogP contribution in [0.1, 0.15) is 21.5 Å². The zero-order valence-corrected chi connectivity index (χ0v) is 11.3. The van der Waals surface area contributed by atoms with Crippen LogP contribution in [0.5, 0.6) is 0 Å². The van der Waals surface area contributed by atoms with Gasteiger partial charge >= 0.3 is 5.97 Å². The van der Waals surface area contributed by atoms with Crippen molar-refractivity contribution in [1.29, 1.82) is 0 Å². The molecule has 0 bridgehead atoms. The van der Waals surface area contributed by atoms with Gasteiger partial charge in [0, 0.05) is 5.69 Å². The molecule has 1 amide bonds. The van der Waals surface area contributed by atoms with Crippen LogP contribution in [0.4, 0.5) is 5.69 Å². The summed E-state index contributed by atoms with van der Waals surface area (Å²) in [6.45, 7) is 3.54. The van der Waals surface area contributed by atoms with Gasteiger partial charge in [0.05, 0.1) is 11.8 Å². The number of furan rings is 1. The molecule has 0 fully saturated rings. The maximum atomic E-state index is 11.7. The Morgan fingerprint density at radius 1 is 1.25 bits per heavy atom. The maximum absolute atomic E-state index is 11.7. The minimum absolute atomic E-state index is 0.282. The molecule has 0 radical (unpaired) electrons. The number of anilines is 1. The van der Waals surface area contributed by atoms with Gasteiger partial charge in [-0.25, -0.2) is 4.79 Å². The van der Waals surface area contributed by atoms with Crippen molar-refractivity contribution >= 4 is 17.6 Å². The Hall–Kier alpha value is -2.56. The summed E-state index contributed by atoms with van der Waals surface area (Å²) in [7, 11) is 0. The predicted octanol–water partition coefficient (Wildman–Crippen LogP) is 2.69. The lowest BCUT2D eigenvalue weighted by atomic mass is 10.1. The van der Waals surface area contributed by atoms with Crippen LogP contribution >= 0.6 is 0 Å². The summed E-state index contributed by atoms with van der Waals surface area (Å²) in [5, 5.41) is 2.70. The summed E-state index contributed by atoms with van der Waals surface area (Å²) in [6, 6.07) is 7.16. The molecule has 2 rings (SSSR count). The zero-order valence-electron chi connectivity index (χ0n) is 11.3. The highest BCUT2D eigenvalue weighted by Gasteiger charge is 2.11. The van der Waals surface area contributed by atoms with Gasteiger partial charge in [0.1, 0.15) is 6.26 Å². The zero-order chi connectivity index (χ0) is 14.5. The molecule has 0 aliphatic rings. The third-order valence-corrected chi connectivity index (χ3v) is 2.75. The fraction of sp³-hybridized carbons (Fsp3) is 0.200. The van der Waals surface area contributed by atoms with Gasteiger partial charge in [0.25, 0.3) is 5.91 Å². The van der Waals surface area contributed by atoms with Gasteiger partial charge in [-0.05, 0) is 31.5 Å². The summed E-state index contributed by atoms with van der Waals surface area (Å²) >= 11 is 0. The molecule has 0 saturated heterocycles. The fourth-order valence-corrected chi connectivity index (χ4v) is 1.74. The largest absolute Gasteiger partial charge is 0.472 e. The predicted molar refractivity (Wildman–Crippen MR) is 73.5 cm³/mol. The second-order valence-corrected chi connectivity index (χ2v) is 4.45. The first-order valence-electron chi connectivity index (χ1n) is 6.12. The van der Waals surface area contributed by atoms with E-state index in [0.29, 0.717) is 5.69 Å². The van der Waals surface area contributed by atoms with Crippen molar-refractivity contribution < 1.29 is 18.7 Å². The first kappa shape index (κ1) is 13.9. The minimum atomic E-state index is -0.588. The molecule has 0 spiro atoms. The number of benzene rings is 1. The summed E-state index contributed by atoms with van der Waals surface area (Å²) in [5.74, 6) is -0.969. The molecule has 0 aliphatic carbocycles. The lowest BCUT2D eigenvalue weighted by Crippen LogP contribution is -2.21. The first-order chi connectivity index (χ1) is 9.56. The van der Waals surface area contributed by atoms with E-state index in [4.69, 9.17) is 9.15 Å². The smallest absolute Gasteiger partial charge is 0.341 e. The summed E-state index contributed by atoms with van der Waals surface area (Å²) < 4.78 is 9.64.